The molecule has 0 saturated carbocycles. The fourth-order valence-corrected chi connectivity index (χ4v) is 2.69. The number of imidazole rings is 1. The van der Waals surface area contributed by atoms with Crippen LogP contribution in [0.25, 0.3) is 5.65 Å². The zero-order chi connectivity index (χ0) is 15.0. The van der Waals surface area contributed by atoms with Crippen molar-refractivity contribution in [3.8, 4) is 0 Å². The van der Waals surface area contributed by atoms with Crippen molar-refractivity contribution < 1.29 is 19.1 Å². The van der Waals surface area contributed by atoms with E-state index in [1.807, 2.05) is 0 Å². The molecule has 0 fully saturated rings. The van der Waals surface area contributed by atoms with Gasteiger partial charge in [0.15, 0.2) is 11.3 Å². The second-order valence-electron chi connectivity index (χ2n) is 4.25. The van der Waals surface area contributed by atoms with Crippen molar-refractivity contribution in [2.45, 2.75) is 6.10 Å². The molecule has 0 saturated heterocycles. The molecule has 0 spiro atoms. The van der Waals surface area contributed by atoms with E-state index in [4.69, 9.17) is 4.74 Å². The van der Waals surface area contributed by atoms with Crippen molar-refractivity contribution >= 4 is 18.7 Å². The SMILES string of the molecule is COC(c1ccc2ncc(P(=O)(O)O)n2c1)c1nnn[nH]1. The molecule has 3 heterocycles. The third kappa shape index (κ3) is 2.45. The Balaban J connectivity index is 2.14. The summed E-state index contributed by atoms with van der Waals surface area (Å²) in [5.74, 6) is 0.384. The van der Waals surface area contributed by atoms with Gasteiger partial charge in [-0.05, 0) is 16.5 Å². The molecule has 0 aliphatic rings. The van der Waals surface area contributed by atoms with Gasteiger partial charge in [0.05, 0.1) is 6.20 Å². The average molecular weight is 310 g/mol. The number of hydrogen-bond donors (Lipinski definition) is 3. The number of fused-ring (bicyclic) bond motifs is 1. The number of H-pyrrole nitrogens is 1. The number of aromatic amines is 1. The van der Waals surface area contributed by atoms with Gasteiger partial charge in [-0.2, -0.15) is 0 Å². The lowest BCUT2D eigenvalue weighted by molar-refractivity contribution is 0.128. The van der Waals surface area contributed by atoms with Crippen molar-refractivity contribution in [3.63, 3.8) is 0 Å². The molecule has 3 N–H and O–H groups in total. The Kier molecular flexibility index (Phi) is 3.30. The van der Waals surface area contributed by atoms with Gasteiger partial charge in [-0.1, -0.05) is 6.07 Å². The lowest BCUT2D eigenvalue weighted by Crippen LogP contribution is -2.13. The number of methoxy groups -OCH3 is 1. The molecule has 0 bridgehead atoms. The Bertz CT molecular complexity index is 810. The summed E-state index contributed by atoms with van der Waals surface area (Å²) in [6.45, 7) is 0. The first kappa shape index (κ1) is 13.8. The lowest BCUT2D eigenvalue weighted by Gasteiger charge is -2.13. The van der Waals surface area contributed by atoms with Crippen LogP contribution < -0.4 is 5.44 Å². The van der Waals surface area contributed by atoms with Crippen LogP contribution in [0.1, 0.15) is 17.5 Å². The maximum atomic E-state index is 11.5. The Hall–Kier alpha value is -2.13. The lowest BCUT2D eigenvalue weighted by atomic mass is 10.1. The Morgan fingerprint density at radius 2 is 2.24 bits per heavy atom. The molecule has 1 atom stereocenters. The fourth-order valence-electron chi connectivity index (χ4n) is 2.04. The van der Waals surface area contributed by atoms with Gasteiger partial charge in [-0.15, -0.1) is 5.10 Å². The highest BCUT2D eigenvalue weighted by molar-refractivity contribution is 7.60. The first-order chi connectivity index (χ1) is 10.0. The van der Waals surface area contributed by atoms with Crippen molar-refractivity contribution in [1.29, 1.82) is 0 Å². The highest BCUT2D eigenvalue weighted by atomic mass is 31.2. The summed E-state index contributed by atoms with van der Waals surface area (Å²) in [6.07, 6.45) is 2.10. The summed E-state index contributed by atoms with van der Waals surface area (Å²) in [4.78, 5) is 22.6. The molecular weight excluding hydrogens is 299 g/mol. The molecule has 1 unspecified atom stereocenters. The third-order valence-electron chi connectivity index (χ3n) is 2.96. The molecular formula is C10H11N6O4P. The monoisotopic (exact) mass is 310 g/mol. The molecule has 0 radical (unpaired) electrons. The zero-order valence-corrected chi connectivity index (χ0v) is 11.7. The van der Waals surface area contributed by atoms with Gasteiger partial charge in [0.1, 0.15) is 11.8 Å². The van der Waals surface area contributed by atoms with Crippen LogP contribution in [0, 0.1) is 0 Å². The van der Waals surface area contributed by atoms with E-state index in [2.05, 4.69) is 25.6 Å². The van der Waals surface area contributed by atoms with Crippen LogP contribution in [0.2, 0.25) is 0 Å². The maximum absolute atomic E-state index is 11.5. The maximum Gasteiger partial charge on any atom is 0.374 e. The molecule has 110 valence electrons. The molecule has 3 aromatic rings. The first-order valence-electron chi connectivity index (χ1n) is 5.80. The number of hydrogen-bond acceptors (Lipinski definition) is 6. The minimum Gasteiger partial charge on any atom is -0.369 e. The molecule has 0 aromatic carbocycles. The molecule has 3 aromatic heterocycles. The third-order valence-corrected chi connectivity index (χ3v) is 3.88. The topological polar surface area (TPSA) is 139 Å². The van der Waals surface area contributed by atoms with E-state index in [1.165, 1.54) is 17.7 Å². The van der Waals surface area contributed by atoms with E-state index in [0.29, 0.717) is 17.0 Å². The average Bonchev–Trinajstić information content (AvgIpc) is 3.06. The van der Waals surface area contributed by atoms with Gasteiger partial charge in [0.2, 0.25) is 0 Å². The van der Waals surface area contributed by atoms with Crippen LogP contribution in [0.4, 0.5) is 0 Å². The van der Waals surface area contributed by atoms with Crippen molar-refractivity contribution in [2.75, 3.05) is 7.11 Å². The van der Waals surface area contributed by atoms with Gasteiger partial charge in [0.25, 0.3) is 0 Å². The predicted molar refractivity (Wildman–Crippen MR) is 69.9 cm³/mol. The summed E-state index contributed by atoms with van der Waals surface area (Å²) in [5.41, 5.74) is 0.851. The summed E-state index contributed by atoms with van der Waals surface area (Å²) < 4.78 is 18.1. The van der Waals surface area contributed by atoms with Crippen molar-refractivity contribution in [3.05, 3.63) is 35.9 Å². The first-order valence-corrected chi connectivity index (χ1v) is 7.41. The second-order valence-corrected chi connectivity index (χ2v) is 5.80. The van der Waals surface area contributed by atoms with E-state index in [1.54, 1.807) is 12.1 Å². The van der Waals surface area contributed by atoms with Crippen LogP contribution in [0.15, 0.2) is 24.5 Å². The van der Waals surface area contributed by atoms with E-state index in [9.17, 15) is 14.4 Å². The molecule has 11 heteroatoms. The normalized spacial score (nSPS) is 13.7. The van der Waals surface area contributed by atoms with Crippen LogP contribution >= 0.6 is 7.60 Å². The number of aromatic nitrogens is 6. The largest absolute Gasteiger partial charge is 0.374 e. The van der Waals surface area contributed by atoms with Gasteiger partial charge in [-0.25, -0.2) is 10.1 Å². The number of nitrogens with zero attached hydrogens (tertiary/aromatic N) is 5. The summed E-state index contributed by atoms with van der Waals surface area (Å²) in [6, 6.07) is 3.35. The minimum atomic E-state index is -4.42. The van der Waals surface area contributed by atoms with Crippen molar-refractivity contribution in [1.82, 2.24) is 30.0 Å². The molecule has 3 rings (SSSR count). The summed E-state index contributed by atoms with van der Waals surface area (Å²) >= 11 is 0. The van der Waals surface area contributed by atoms with E-state index < -0.39 is 13.7 Å². The Labute approximate surface area is 117 Å². The quantitative estimate of drug-likeness (QED) is 0.542. The smallest absolute Gasteiger partial charge is 0.369 e. The number of ether oxygens (including phenoxy) is 1. The second kappa shape index (κ2) is 5.01. The highest BCUT2D eigenvalue weighted by Gasteiger charge is 2.24. The summed E-state index contributed by atoms with van der Waals surface area (Å²) in [7, 11) is -2.94. The zero-order valence-electron chi connectivity index (χ0n) is 10.8. The van der Waals surface area contributed by atoms with Crippen molar-refractivity contribution in [2.24, 2.45) is 0 Å². The number of rotatable bonds is 4. The number of pyridine rings is 1. The van der Waals surface area contributed by atoms with Crippen LogP contribution in [-0.2, 0) is 9.30 Å². The molecule has 21 heavy (non-hydrogen) atoms. The van der Waals surface area contributed by atoms with Gasteiger partial charge in [0, 0.05) is 18.9 Å². The summed E-state index contributed by atoms with van der Waals surface area (Å²) in [5, 5.41) is 13.3. The predicted octanol–water partition coefficient (Wildman–Crippen LogP) is -0.614. The molecule has 0 aliphatic heterocycles. The molecule has 10 nitrogen and oxygen atoms in total. The number of nitrogens with one attached hydrogen (secondary N) is 1. The van der Waals surface area contributed by atoms with Gasteiger partial charge in [-0.3, -0.25) is 8.97 Å². The van der Waals surface area contributed by atoms with Crippen LogP contribution in [0.5, 0.6) is 0 Å². The Morgan fingerprint density at radius 1 is 1.43 bits per heavy atom. The minimum absolute atomic E-state index is 0.190. The molecule has 0 amide bonds. The fraction of sp³-hybridized carbons (Fsp3) is 0.200. The van der Waals surface area contributed by atoms with E-state index in [0.717, 1.165) is 6.20 Å². The standard InChI is InChI=1S/C10H11N6O4P/c1-20-9(10-12-14-15-13-10)6-2-3-7-11-4-8(16(7)5-6)21(17,18)19/h2-5,9H,1H3,(H2,17,18,19)(H,12,13,14,15). The van der Waals surface area contributed by atoms with E-state index in [-0.39, 0.29) is 5.44 Å². The van der Waals surface area contributed by atoms with Crippen LogP contribution in [0.3, 0.4) is 0 Å². The Morgan fingerprint density at radius 3 is 2.86 bits per heavy atom. The molecule has 0 aliphatic carbocycles. The highest BCUT2D eigenvalue weighted by Crippen LogP contribution is 2.33. The van der Waals surface area contributed by atoms with Gasteiger partial charge < -0.3 is 14.5 Å². The van der Waals surface area contributed by atoms with Gasteiger partial charge >= 0.3 is 7.60 Å². The number of tetrazole rings is 1. The van der Waals surface area contributed by atoms with E-state index >= 15 is 0 Å². The van der Waals surface area contributed by atoms with Crippen LogP contribution in [-0.4, -0.2) is 46.9 Å².